The van der Waals surface area contributed by atoms with E-state index in [4.69, 9.17) is 0 Å². The molecular formula is C17H24N2O4S. The summed E-state index contributed by atoms with van der Waals surface area (Å²) in [7, 11) is -3.30. The Hall–Kier alpha value is -1.89. The minimum absolute atomic E-state index is 0.0217. The topological polar surface area (TPSA) is 83.6 Å². The standard InChI is InChI=1S/C17H24N2O4S/c1-12-6-7-13(2)14(10-12)11-24(22,23)9-5-8-19-15(20)17(3,4)18-16(19)21/h6-7,10H,5,8-9,11H2,1-4H3,(H,18,21). The van der Waals surface area contributed by atoms with E-state index in [0.717, 1.165) is 21.6 Å². The molecule has 1 N–H and O–H groups in total. The fourth-order valence-corrected chi connectivity index (χ4v) is 4.23. The van der Waals surface area contributed by atoms with Gasteiger partial charge in [-0.1, -0.05) is 23.8 Å². The Kier molecular flexibility index (Phi) is 5.03. The Morgan fingerprint density at radius 2 is 1.83 bits per heavy atom. The smallest absolute Gasteiger partial charge is 0.324 e. The van der Waals surface area contributed by atoms with E-state index in [1.54, 1.807) is 13.8 Å². The monoisotopic (exact) mass is 352 g/mol. The summed E-state index contributed by atoms with van der Waals surface area (Å²) in [6.45, 7) is 7.18. The highest BCUT2D eigenvalue weighted by Gasteiger charge is 2.43. The highest BCUT2D eigenvalue weighted by Crippen LogP contribution is 2.18. The zero-order valence-corrected chi connectivity index (χ0v) is 15.4. The number of urea groups is 1. The van der Waals surface area contributed by atoms with E-state index >= 15 is 0 Å². The Morgan fingerprint density at radius 1 is 1.17 bits per heavy atom. The number of rotatable bonds is 6. The second kappa shape index (κ2) is 6.55. The summed E-state index contributed by atoms with van der Waals surface area (Å²) in [4.78, 5) is 24.9. The number of carbonyl (C=O) groups excluding carboxylic acids is 2. The number of hydrogen-bond donors (Lipinski definition) is 1. The molecule has 0 spiro atoms. The summed E-state index contributed by atoms with van der Waals surface area (Å²) >= 11 is 0. The van der Waals surface area contributed by atoms with Gasteiger partial charge in [-0.25, -0.2) is 13.2 Å². The number of benzene rings is 1. The normalized spacial score (nSPS) is 17.2. The summed E-state index contributed by atoms with van der Waals surface area (Å²) in [6, 6.07) is 5.28. The Bertz CT molecular complexity index is 769. The van der Waals surface area contributed by atoms with Crippen LogP contribution in [0.4, 0.5) is 4.79 Å². The number of aryl methyl sites for hydroxylation is 2. The Balaban J connectivity index is 1.95. The van der Waals surface area contributed by atoms with Crippen LogP contribution in [0.2, 0.25) is 0 Å². The molecule has 0 atom stereocenters. The van der Waals surface area contributed by atoms with Crippen LogP contribution in [0.25, 0.3) is 0 Å². The minimum Gasteiger partial charge on any atom is -0.324 e. The zero-order chi connectivity index (χ0) is 18.1. The highest BCUT2D eigenvalue weighted by atomic mass is 32.2. The van der Waals surface area contributed by atoms with E-state index in [9.17, 15) is 18.0 Å². The van der Waals surface area contributed by atoms with Crippen LogP contribution < -0.4 is 5.32 Å². The average molecular weight is 352 g/mol. The summed E-state index contributed by atoms with van der Waals surface area (Å²) in [5.74, 6) is -0.399. The molecule has 0 bridgehead atoms. The molecule has 0 aliphatic carbocycles. The van der Waals surface area contributed by atoms with Gasteiger partial charge >= 0.3 is 6.03 Å². The maximum absolute atomic E-state index is 12.3. The van der Waals surface area contributed by atoms with Crippen LogP contribution in [0, 0.1) is 13.8 Å². The van der Waals surface area contributed by atoms with Crippen LogP contribution >= 0.6 is 0 Å². The molecule has 2 rings (SSSR count). The van der Waals surface area contributed by atoms with Crippen LogP contribution in [0.15, 0.2) is 18.2 Å². The van der Waals surface area contributed by atoms with Gasteiger partial charge in [0.15, 0.2) is 9.84 Å². The van der Waals surface area contributed by atoms with Gasteiger partial charge in [-0.2, -0.15) is 0 Å². The molecule has 132 valence electrons. The number of imide groups is 1. The number of sulfone groups is 1. The van der Waals surface area contributed by atoms with Crippen LogP contribution in [-0.4, -0.2) is 43.1 Å². The molecule has 1 fully saturated rings. The molecule has 0 radical (unpaired) electrons. The third-order valence-corrected chi connectivity index (χ3v) is 5.82. The van der Waals surface area contributed by atoms with Crippen LogP contribution in [0.3, 0.4) is 0 Å². The van der Waals surface area contributed by atoms with Crippen LogP contribution in [0.1, 0.15) is 37.0 Å². The van der Waals surface area contributed by atoms with Gasteiger partial charge in [-0.15, -0.1) is 0 Å². The van der Waals surface area contributed by atoms with Gasteiger partial charge in [0, 0.05) is 6.54 Å². The quantitative estimate of drug-likeness (QED) is 0.793. The molecule has 6 nitrogen and oxygen atoms in total. The molecule has 7 heteroatoms. The SMILES string of the molecule is Cc1ccc(C)c(CS(=O)(=O)CCCN2C(=O)NC(C)(C)C2=O)c1. The second-order valence-electron chi connectivity index (χ2n) is 6.89. The summed E-state index contributed by atoms with van der Waals surface area (Å²) in [5, 5.41) is 2.58. The summed E-state index contributed by atoms with van der Waals surface area (Å²) in [6.07, 6.45) is 0.239. The van der Waals surface area contributed by atoms with Crippen molar-refractivity contribution in [2.75, 3.05) is 12.3 Å². The molecule has 1 saturated heterocycles. The van der Waals surface area contributed by atoms with Crippen LogP contribution in [0.5, 0.6) is 0 Å². The number of amides is 3. The van der Waals surface area contributed by atoms with Crippen molar-refractivity contribution in [1.82, 2.24) is 10.2 Å². The molecule has 1 aromatic rings. The molecule has 1 aliphatic rings. The lowest BCUT2D eigenvalue weighted by molar-refractivity contribution is -0.130. The number of nitrogens with zero attached hydrogens (tertiary/aromatic N) is 1. The lowest BCUT2D eigenvalue weighted by Gasteiger charge is -2.16. The maximum atomic E-state index is 12.3. The molecule has 1 aromatic carbocycles. The van der Waals surface area contributed by atoms with Gasteiger partial charge in [-0.05, 0) is 45.2 Å². The average Bonchev–Trinajstić information content (AvgIpc) is 2.64. The summed E-state index contributed by atoms with van der Waals surface area (Å²) < 4.78 is 24.6. The maximum Gasteiger partial charge on any atom is 0.325 e. The van der Waals surface area contributed by atoms with Crippen molar-refractivity contribution in [3.63, 3.8) is 0 Å². The molecule has 3 amide bonds. The van der Waals surface area contributed by atoms with Crippen LogP contribution in [-0.2, 0) is 20.4 Å². The van der Waals surface area contributed by atoms with Gasteiger partial charge in [0.25, 0.3) is 5.91 Å². The van der Waals surface area contributed by atoms with Gasteiger partial charge in [0.05, 0.1) is 11.5 Å². The lowest BCUT2D eigenvalue weighted by atomic mass is 10.1. The first-order valence-corrected chi connectivity index (χ1v) is 9.75. The predicted molar refractivity (Wildman–Crippen MR) is 92.3 cm³/mol. The van der Waals surface area contributed by atoms with Crippen molar-refractivity contribution in [3.8, 4) is 0 Å². The number of hydrogen-bond acceptors (Lipinski definition) is 4. The first kappa shape index (κ1) is 18.4. The molecular weight excluding hydrogens is 328 g/mol. The largest absolute Gasteiger partial charge is 0.325 e. The molecule has 0 unspecified atom stereocenters. The number of carbonyl (C=O) groups is 2. The van der Waals surface area contributed by atoms with Gasteiger partial charge < -0.3 is 5.32 Å². The Labute approximate surface area is 143 Å². The van der Waals surface area contributed by atoms with Gasteiger partial charge in [0.1, 0.15) is 5.54 Å². The van der Waals surface area contributed by atoms with Crippen molar-refractivity contribution in [2.45, 2.75) is 45.4 Å². The van der Waals surface area contributed by atoms with E-state index in [-0.39, 0.29) is 30.4 Å². The molecule has 0 saturated carbocycles. The Morgan fingerprint density at radius 3 is 2.42 bits per heavy atom. The van der Waals surface area contributed by atoms with Crippen molar-refractivity contribution in [1.29, 1.82) is 0 Å². The lowest BCUT2D eigenvalue weighted by Crippen LogP contribution is -2.40. The van der Waals surface area contributed by atoms with Crippen molar-refractivity contribution >= 4 is 21.8 Å². The van der Waals surface area contributed by atoms with E-state index in [2.05, 4.69) is 5.32 Å². The zero-order valence-electron chi connectivity index (χ0n) is 14.5. The fraction of sp³-hybridized carbons (Fsp3) is 0.529. The van der Waals surface area contributed by atoms with Crippen molar-refractivity contribution in [3.05, 3.63) is 34.9 Å². The fourth-order valence-electron chi connectivity index (χ4n) is 2.73. The summed E-state index contributed by atoms with van der Waals surface area (Å²) in [5.41, 5.74) is 1.84. The van der Waals surface area contributed by atoms with E-state index in [0.29, 0.717) is 0 Å². The highest BCUT2D eigenvalue weighted by molar-refractivity contribution is 7.90. The molecule has 0 aromatic heterocycles. The first-order chi connectivity index (χ1) is 11.0. The number of nitrogens with one attached hydrogen (secondary N) is 1. The molecule has 1 heterocycles. The second-order valence-corrected chi connectivity index (χ2v) is 9.07. The molecule has 1 aliphatic heterocycles. The third kappa shape index (κ3) is 4.14. The van der Waals surface area contributed by atoms with Crippen molar-refractivity contribution in [2.24, 2.45) is 0 Å². The van der Waals surface area contributed by atoms with Crippen molar-refractivity contribution < 1.29 is 18.0 Å². The van der Waals surface area contributed by atoms with E-state index in [1.807, 2.05) is 32.0 Å². The minimum atomic E-state index is -3.30. The van der Waals surface area contributed by atoms with E-state index in [1.165, 1.54) is 0 Å². The first-order valence-electron chi connectivity index (χ1n) is 7.92. The van der Waals surface area contributed by atoms with Gasteiger partial charge in [-0.3, -0.25) is 9.69 Å². The molecule has 24 heavy (non-hydrogen) atoms. The van der Waals surface area contributed by atoms with Gasteiger partial charge in [0.2, 0.25) is 0 Å². The third-order valence-electron chi connectivity index (χ3n) is 4.16. The van der Waals surface area contributed by atoms with E-state index < -0.39 is 21.4 Å². The predicted octanol–water partition coefficient (Wildman–Crippen LogP) is 1.94.